The molecule has 1 aliphatic rings. The number of aliphatic hydroxyl groups is 4. The first-order valence-corrected chi connectivity index (χ1v) is 8.65. The molecule has 5 unspecified atom stereocenters. The minimum absolute atomic E-state index is 0.399. The molecule has 0 amide bonds. The molecule has 6 heteroatoms. The van der Waals surface area contributed by atoms with Crippen molar-refractivity contribution in [3.05, 3.63) is 35.4 Å². The van der Waals surface area contributed by atoms with E-state index in [4.69, 9.17) is 4.74 Å². The molecule has 5 N–H and O–H groups in total. The highest BCUT2D eigenvalue weighted by Crippen LogP contribution is 2.24. The normalized spacial score (nSPS) is 30.5. The van der Waals surface area contributed by atoms with Gasteiger partial charge in [-0.3, -0.25) is 0 Å². The quantitative estimate of drug-likeness (QED) is 0.426. The molecule has 6 nitrogen and oxygen atoms in total. The number of ether oxygens (including phenoxy) is 1. The van der Waals surface area contributed by atoms with E-state index in [1.54, 1.807) is 0 Å². The molecule has 1 aromatic carbocycles. The van der Waals surface area contributed by atoms with Gasteiger partial charge in [0.05, 0.1) is 12.7 Å². The van der Waals surface area contributed by atoms with Crippen LogP contribution in [0.15, 0.2) is 24.3 Å². The van der Waals surface area contributed by atoms with Gasteiger partial charge in [0.15, 0.2) is 0 Å². The van der Waals surface area contributed by atoms with Crippen molar-refractivity contribution in [1.82, 2.24) is 5.32 Å². The standard InChI is InChI=1S/C18H29NO5/c1-2-3-8-19-10-13-6-4-12(5-7-13)9-14-16(21)18(23)17(22)15(11-20)24-14/h4-7,14-23H,2-3,8-11H2,1H3. The van der Waals surface area contributed by atoms with E-state index in [1.807, 2.05) is 24.3 Å². The van der Waals surface area contributed by atoms with Crippen molar-refractivity contribution in [1.29, 1.82) is 0 Å². The van der Waals surface area contributed by atoms with E-state index >= 15 is 0 Å². The lowest BCUT2D eigenvalue weighted by Crippen LogP contribution is -2.58. The van der Waals surface area contributed by atoms with Crippen LogP contribution in [0.5, 0.6) is 0 Å². The summed E-state index contributed by atoms with van der Waals surface area (Å²) in [6, 6.07) is 7.99. The zero-order chi connectivity index (χ0) is 17.5. The van der Waals surface area contributed by atoms with Crippen LogP contribution in [0.4, 0.5) is 0 Å². The van der Waals surface area contributed by atoms with Crippen LogP contribution < -0.4 is 5.32 Å². The molecule has 1 saturated heterocycles. The zero-order valence-corrected chi connectivity index (χ0v) is 14.1. The van der Waals surface area contributed by atoms with Crippen molar-refractivity contribution < 1.29 is 25.2 Å². The van der Waals surface area contributed by atoms with Crippen LogP contribution in [0.25, 0.3) is 0 Å². The number of rotatable bonds is 8. The van der Waals surface area contributed by atoms with Gasteiger partial charge in [-0.15, -0.1) is 0 Å². The van der Waals surface area contributed by atoms with Gasteiger partial charge >= 0.3 is 0 Å². The molecule has 0 spiro atoms. The molecule has 0 aliphatic carbocycles. The maximum Gasteiger partial charge on any atom is 0.111 e. The summed E-state index contributed by atoms with van der Waals surface area (Å²) in [5, 5.41) is 42.3. The van der Waals surface area contributed by atoms with Crippen molar-refractivity contribution in [2.75, 3.05) is 13.2 Å². The van der Waals surface area contributed by atoms with Crippen molar-refractivity contribution >= 4 is 0 Å². The molecule has 5 atom stereocenters. The van der Waals surface area contributed by atoms with Crippen LogP contribution in [0.1, 0.15) is 30.9 Å². The first-order valence-electron chi connectivity index (χ1n) is 8.65. The lowest BCUT2D eigenvalue weighted by atomic mass is 9.91. The Balaban J connectivity index is 1.90. The number of nitrogens with one attached hydrogen (secondary N) is 1. The van der Waals surface area contributed by atoms with Crippen LogP contribution in [0, 0.1) is 0 Å². The molecule has 2 rings (SSSR count). The smallest absolute Gasteiger partial charge is 0.111 e. The average Bonchev–Trinajstić information content (AvgIpc) is 2.60. The predicted octanol–water partition coefficient (Wildman–Crippen LogP) is -0.0388. The Hall–Kier alpha value is -1.02. The Kier molecular flexibility index (Phi) is 7.61. The number of benzene rings is 1. The van der Waals surface area contributed by atoms with Gasteiger partial charge < -0.3 is 30.5 Å². The lowest BCUT2D eigenvalue weighted by molar-refractivity contribution is -0.228. The fourth-order valence-electron chi connectivity index (χ4n) is 2.91. The molecule has 0 bridgehead atoms. The van der Waals surface area contributed by atoms with E-state index < -0.39 is 37.1 Å². The van der Waals surface area contributed by atoms with Crippen LogP contribution in [0.3, 0.4) is 0 Å². The third kappa shape index (κ3) is 4.99. The first-order chi connectivity index (χ1) is 11.6. The topological polar surface area (TPSA) is 102 Å². The van der Waals surface area contributed by atoms with Crippen molar-refractivity contribution in [2.45, 2.75) is 63.3 Å². The van der Waals surface area contributed by atoms with E-state index in [0.717, 1.165) is 25.1 Å². The van der Waals surface area contributed by atoms with Gasteiger partial charge in [0.1, 0.15) is 24.4 Å². The predicted molar refractivity (Wildman–Crippen MR) is 90.5 cm³/mol. The Bertz CT molecular complexity index is 479. The Morgan fingerprint density at radius 3 is 2.21 bits per heavy atom. The molecular weight excluding hydrogens is 310 g/mol. The van der Waals surface area contributed by atoms with E-state index in [9.17, 15) is 20.4 Å². The molecule has 1 aromatic rings. The summed E-state index contributed by atoms with van der Waals surface area (Å²) in [5.74, 6) is 0. The van der Waals surface area contributed by atoms with Crippen LogP contribution in [0.2, 0.25) is 0 Å². The van der Waals surface area contributed by atoms with Crippen molar-refractivity contribution in [3.8, 4) is 0 Å². The average molecular weight is 339 g/mol. The maximum atomic E-state index is 10.1. The molecule has 0 aromatic heterocycles. The van der Waals surface area contributed by atoms with Crippen LogP contribution in [-0.2, 0) is 17.7 Å². The van der Waals surface area contributed by atoms with E-state index in [2.05, 4.69) is 12.2 Å². The Morgan fingerprint density at radius 1 is 0.958 bits per heavy atom. The highest BCUT2D eigenvalue weighted by Gasteiger charge is 2.43. The van der Waals surface area contributed by atoms with E-state index in [-0.39, 0.29) is 0 Å². The number of hydrogen-bond acceptors (Lipinski definition) is 6. The number of unbranched alkanes of at least 4 members (excludes halogenated alkanes) is 1. The minimum atomic E-state index is -1.32. The van der Waals surface area contributed by atoms with Gasteiger partial charge in [0.25, 0.3) is 0 Å². The summed E-state index contributed by atoms with van der Waals surface area (Å²) in [5.41, 5.74) is 2.15. The first kappa shape index (κ1) is 19.3. The molecule has 1 fully saturated rings. The Morgan fingerprint density at radius 2 is 1.58 bits per heavy atom. The van der Waals surface area contributed by atoms with Crippen molar-refractivity contribution in [2.24, 2.45) is 0 Å². The highest BCUT2D eigenvalue weighted by atomic mass is 16.5. The molecule has 24 heavy (non-hydrogen) atoms. The SMILES string of the molecule is CCCCNCc1ccc(CC2OC(CO)C(O)C(O)C2O)cc1. The van der Waals surface area contributed by atoms with Crippen LogP contribution in [-0.4, -0.2) is 64.1 Å². The summed E-state index contributed by atoms with van der Waals surface area (Å²) in [6.45, 7) is 3.59. The second-order valence-electron chi connectivity index (χ2n) is 6.42. The lowest BCUT2D eigenvalue weighted by Gasteiger charge is -2.40. The second kappa shape index (κ2) is 9.46. The van der Waals surface area contributed by atoms with Gasteiger partial charge in [-0.05, 0) is 24.1 Å². The Labute approximate surface area is 143 Å². The molecule has 1 heterocycles. The summed E-state index contributed by atoms with van der Waals surface area (Å²) < 4.78 is 5.53. The van der Waals surface area contributed by atoms with Crippen LogP contribution >= 0.6 is 0 Å². The monoisotopic (exact) mass is 339 g/mol. The molecular formula is C18H29NO5. The molecule has 0 saturated carbocycles. The number of aliphatic hydroxyl groups excluding tert-OH is 4. The fourth-order valence-corrected chi connectivity index (χ4v) is 2.91. The molecule has 0 radical (unpaired) electrons. The van der Waals surface area contributed by atoms with Gasteiger partial charge in [-0.2, -0.15) is 0 Å². The largest absolute Gasteiger partial charge is 0.394 e. The van der Waals surface area contributed by atoms with Gasteiger partial charge in [0, 0.05) is 13.0 Å². The maximum absolute atomic E-state index is 10.1. The summed E-state index contributed by atoms with van der Waals surface area (Å²) in [6.07, 6.45) is -2.57. The highest BCUT2D eigenvalue weighted by molar-refractivity contribution is 5.23. The molecule has 136 valence electrons. The third-order valence-electron chi connectivity index (χ3n) is 4.49. The summed E-state index contributed by atoms with van der Waals surface area (Å²) >= 11 is 0. The van der Waals surface area contributed by atoms with Gasteiger partial charge in [-0.25, -0.2) is 0 Å². The van der Waals surface area contributed by atoms with Gasteiger partial charge in [0.2, 0.25) is 0 Å². The molecule has 1 aliphatic heterocycles. The fraction of sp³-hybridized carbons (Fsp3) is 0.667. The zero-order valence-electron chi connectivity index (χ0n) is 14.1. The van der Waals surface area contributed by atoms with Crippen molar-refractivity contribution in [3.63, 3.8) is 0 Å². The van der Waals surface area contributed by atoms with Gasteiger partial charge in [-0.1, -0.05) is 37.6 Å². The third-order valence-corrected chi connectivity index (χ3v) is 4.49. The summed E-state index contributed by atoms with van der Waals surface area (Å²) in [7, 11) is 0. The second-order valence-corrected chi connectivity index (χ2v) is 6.42. The summed E-state index contributed by atoms with van der Waals surface area (Å²) in [4.78, 5) is 0. The number of hydrogen-bond donors (Lipinski definition) is 5. The van der Waals surface area contributed by atoms with E-state index in [0.29, 0.717) is 6.42 Å². The van der Waals surface area contributed by atoms with E-state index in [1.165, 1.54) is 12.0 Å². The minimum Gasteiger partial charge on any atom is -0.394 e.